The molecule has 1 saturated heterocycles. The molecule has 1 aliphatic heterocycles. The number of likely N-dealkylation sites (N-methyl/N-ethyl adjacent to an activating group) is 1. The Morgan fingerprint density at radius 1 is 1.25 bits per heavy atom. The van der Waals surface area contributed by atoms with Gasteiger partial charge in [0.05, 0.1) is 43.4 Å². The van der Waals surface area contributed by atoms with E-state index in [2.05, 4.69) is 6.92 Å². The largest absolute Gasteiger partial charge is 1.00 e. The minimum absolute atomic E-state index is 0. The molecule has 1 heterocycles. The van der Waals surface area contributed by atoms with Crippen molar-refractivity contribution in [3.63, 3.8) is 0 Å². The van der Waals surface area contributed by atoms with Crippen LogP contribution in [0, 0.1) is 10.1 Å². The minimum atomic E-state index is -3.14. The first-order valence-electron chi connectivity index (χ1n) is 7.88. The molecule has 0 bridgehead atoms. The summed E-state index contributed by atoms with van der Waals surface area (Å²) in [5.74, 6) is 0.129. The molecular formula is C15H24BrN3O4S. The predicted octanol–water partition coefficient (Wildman–Crippen LogP) is -1.40. The molecule has 0 N–H and O–H groups in total. The fourth-order valence-electron chi connectivity index (χ4n) is 3.07. The quantitative estimate of drug-likeness (QED) is 0.321. The number of rotatable bonds is 6. The van der Waals surface area contributed by atoms with Gasteiger partial charge in [-0.2, -0.15) is 4.31 Å². The number of benzene rings is 1. The molecule has 0 aromatic heterocycles. The average molecular weight is 422 g/mol. The zero-order chi connectivity index (χ0) is 17.1. The fourth-order valence-corrected chi connectivity index (χ4v) is 4.16. The van der Waals surface area contributed by atoms with Gasteiger partial charge in [-0.15, -0.1) is 0 Å². The zero-order valence-corrected chi connectivity index (χ0v) is 16.4. The predicted molar refractivity (Wildman–Crippen MR) is 88.4 cm³/mol. The average Bonchev–Trinajstić information content (AvgIpc) is 2.55. The van der Waals surface area contributed by atoms with Crippen molar-refractivity contribution in [3.8, 4) is 0 Å². The first-order chi connectivity index (χ1) is 10.8. The van der Waals surface area contributed by atoms with Gasteiger partial charge in [0.2, 0.25) is 10.0 Å². The lowest BCUT2D eigenvalue weighted by atomic mass is 10.1. The van der Waals surface area contributed by atoms with Crippen LogP contribution in [-0.4, -0.2) is 60.6 Å². The molecule has 0 atom stereocenters. The van der Waals surface area contributed by atoms with Crippen LogP contribution in [0.25, 0.3) is 0 Å². The maximum Gasteiger partial charge on any atom is 0.269 e. The van der Waals surface area contributed by atoms with Crippen molar-refractivity contribution in [2.75, 3.05) is 38.5 Å². The molecular weight excluding hydrogens is 398 g/mol. The van der Waals surface area contributed by atoms with E-state index >= 15 is 0 Å². The number of nitro groups is 1. The molecule has 136 valence electrons. The van der Waals surface area contributed by atoms with E-state index in [0.29, 0.717) is 19.6 Å². The number of piperazine rings is 1. The van der Waals surface area contributed by atoms with Crippen molar-refractivity contribution in [1.82, 2.24) is 4.31 Å². The number of halogens is 1. The lowest BCUT2D eigenvalue weighted by Gasteiger charge is -2.43. The molecule has 1 aromatic carbocycles. The topological polar surface area (TPSA) is 80.5 Å². The Hall–Kier alpha value is -1.03. The standard InChI is InChI=1S/C15H24N3O4S.BrH/c1-3-18(10-8-16(9-11-18)23(21,22)4-2)13-14-6-5-7-15(12-14)17(19)20;/h5-7,12H,3-4,8-11,13H2,1-2H3;1H/q+1;/p-1. The fraction of sp³-hybridized carbons (Fsp3) is 0.600. The van der Waals surface area contributed by atoms with Crippen molar-refractivity contribution in [3.05, 3.63) is 39.9 Å². The van der Waals surface area contributed by atoms with Crippen LogP contribution < -0.4 is 17.0 Å². The van der Waals surface area contributed by atoms with E-state index in [9.17, 15) is 18.5 Å². The number of nitro benzene ring substituents is 1. The summed E-state index contributed by atoms with van der Waals surface area (Å²) in [6.45, 7) is 7.81. The second kappa shape index (κ2) is 8.37. The maximum absolute atomic E-state index is 12.0. The second-order valence-electron chi connectivity index (χ2n) is 5.99. The Balaban J connectivity index is 0.00000288. The van der Waals surface area contributed by atoms with E-state index in [1.165, 1.54) is 6.07 Å². The number of nitrogens with zero attached hydrogens (tertiary/aromatic N) is 3. The second-order valence-corrected chi connectivity index (χ2v) is 8.25. The molecule has 0 radical (unpaired) electrons. The summed E-state index contributed by atoms with van der Waals surface area (Å²) >= 11 is 0. The molecule has 1 aliphatic rings. The van der Waals surface area contributed by atoms with E-state index in [-0.39, 0.29) is 33.3 Å². The summed E-state index contributed by atoms with van der Waals surface area (Å²) in [5.41, 5.74) is 1.02. The molecule has 24 heavy (non-hydrogen) atoms. The van der Waals surface area contributed by atoms with Crippen molar-refractivity contribution in [1.29, 1.82) is 0 Å². The Morgan fingerprint density at radius 3 is 2.38 bits per heavy atom. The van der Waals surface area contributed by atoms with Crippen molar-refractivity contribution >= 4 is 15.7 Å². The lowest BCUT2D eigenvalue weighted by molar-refractivity contribution is -0.942. The molecule has 1 fully saturated rings. The van der Waals surface area contributed by atoms with Gasteiger partial charge in [-0.05, 0) is 13.8 Å². The highest BCUT2D eigenvalue weighted by atomic mass is 79.9. The summed E-state index contributed by atoms with van der Waals surface area (Å²) in [4.78, 5) is 10.5. The lowest BCUT2D eigenvalue weighted by Crippen LogP contribution is -3.00. The highest BCUT2D eigenvalue weighted by Crippen LogP contribution is 2.22. The van der Waals surface area contributed by atoms with Crippen molar-refractivity contribution < 1.29 is 34.8 Å². The molecule has 2 rings (SSSR count). The zero-order valence-electron chi connectivity index (χ0n) is 14.0. The van der Waals surface area contributed by atoms with Gasteiger partial charge in [0, 0.05) is 17.7 Å². The number of hydrogen-bond donors (Lipinski definition) is 0. The molecule has 1 aromatic rings. The SMILES string of the molecule is CC[N+]1(Cc2cccc([N+](=O)[O-])c2)CCN(S(=O)(=O)CC)CC1.[Br-]. The Bertz CT molecular complexity index is 673. The van der Waals surface area contributed by atoms with Crippen LogP contribution in [0.3, 0.4) is 0 Å². The smallest absolute Gasteiger partial charge is 0.269 e. The first-order valence-corrected chi connectivity index (χ1v) is 9.49. The summed E-state index contributed by atoms with van der Waals surface area (Å²) in [7, 11) is -3.14. The van der Waals surface area contributed by atoms with Gasteiger partial charge in [0.25, 0.3) is 5.69 Å². The normalized spacial score (nSPS) is 17.9. The molecule has 0 saturated carbocycles. The van der Waals surface area contributed by atoms with Gasteiger partial charge in [-0.1, -0.05) is 12.1 Å². The van der Waals surface area contributed by atoms with Crippen LogP contribution in [0.1, 0.15) is 19.4 Å². The monoisotopic (exact) mass is 421 g/mol. The van der Waals surface area contributed by atoms with Crippen LogP contribution in [0.15, 0.2) is 24.3 Å². The maximum atomic E-state index is 12.0. The van der Waals surface area contributed by atoms with E-state index < -0.39 is 10.0 Å². The summed E-state index contributed by atoms with van der Waals surface area (Å²) < 4.78 is 26.3. The number of non-ortho nitro benzene ring substituents is 1. The van der Waals surface area contributed by atoms with E-state index in [1.54, 1.807) is 23.4 Å². The van der Waals surface area contributed by atoms with E-state index in [1.807, 2.05) is 6.07 Å². The number of hydrogen-bond acceptors (Lipinski definition) is 4. The Kier molecular flexibility index (Phi) is 7.33. The van der Waals surface area contributed by atoms with Gasteiger partial charge >= 0.3 is 0 Å². The third kappa shape index (κ3) is 4.75. The summed E-state index contributed by atoms with van der Waals surface area (Å²) in [6.07, 6.45) is 0. The molecule has 0 unspecified atom stereocenters. The van der Waals surface area contributed by atoms with Gasteiger partial charge in [-0.3, -0.25) is 10.1 Å². The van der Waals surface area contributed by atoms with Crippen LogP contribution in [0.5, 0.6) is 0 Å². The van der Waals surface area contributed by atoms with E-state index in [4.69, 9.17) is 0 Å². The molecule has 0 aliphatic carbocycles. The first kappa shape index (κ1) is 21.0. The molecule has 0 amide bonds. The van der Waals surface area contributed by atoms with Gasteiger partial charge in [0.1, 0.15) is 6.54 Å². The summed E-state index contributed by atoms with van der Waals surface area (Å²) in [6, 6.07) is 6.71. The molecule has 7 nitrogen and oxygen atoms in total. The number of quaternary nitrogens is 1. The third-order valence-electron chi connectivity index (χ3n) is 4.72. The van der Waals surface area contributed by atoms with Gasteiger partial charge < -0.3 is 21.5 Å². The van der Waals surface area contributed by atoms with Crippen LogP contribution in [0.2, 0.25) is 0 Å². The number of sulfonamides is 1. The highest BCUT2D eigenvalue weighted by Gasteiger charge is 2.35. The summed E-state index contributed by atoms with van der Waals surface area (Å²) in [5, 5.41) is 10.9. The van der Waals surface area contributed by atoms with E-state index in [0.717, 1.165) is 29.7 Å². The minimum Gasteiger partial charge on any atom is -1.00 e. The molecule has 0 spiro atoms. The van der Waals surface area contributed by atoms with Crippen LogP contribution in [0.4, 0.5) is 5.69 Å². The van der Waals surface area contributed by atoms with Gasteiger partial charge in [-0.25, -0.2) is 8.42 Å². The van der Waals surface area contributed by atoms with Gasteiger partial charge in [0.15, 0.2) is 0 Å². The van der Waals surface area contributed by atoms with Crippen molar-refractivity contribution in [2.45, 2.75) is 20.4 Å². The Morgan fingerprint density at radius 2 is 1.88 bits per heavy atom. The Labute approximate surface area is 153 Å². The third-order valence-corrected chi connectivity index (χ3v) is 6.60. The highest BCUT2D eigenvalue weighted by molar-refractivity contribution is 7.89. The van der Waals surface area contributed by atoms with Crippen LogP contribution in [-0.2, 0) is 16.6 Å². The van der Waals surface area contributed by atoms with Crippen molar-refractivity contribution in [2.24, 2.45) is 0 Å². The molecule has 9 heteroatoms. The van der Waals surface area contributed by atoms with Crippen LogP contribution >= 0.6 is 0 Å².